The van der Waals surface area contributed by atoms with Gasteiger partial charge in [-0.25, -0.2) is 0 Å². The fraction of sp³-hybridized carbons (Fsp3) is 0.500. The Morgan fingerprint density at radius 3 is 2.87 bits per heavy atom. The van der Waals surface area contributed by atoms with Crippen molar-refractivity contribution >= 4 is 0 Å². The van der Waals surface area contributed by atoms with Gasteiger partial charge >= 0.3 is 0 Å². The fourth-order valence-corrected chi connectivity index (χ4v) is 1.31. The molecule has 0 aliphatic rings. The van der Waals surface area contributed by atoms with E-state index in [1.165, 1.54) is 0 Å². The predicted molar refractivity (Wildman–Crippen MR) is 59.5 cm³/mol. The normalized spacial score (nSPS) is 11.9. The smallest absolute Gasteiger partial charge is 0.123 e. The number of hydrogen-bond donors (Lipinski definition) is 1. The lowest BCUT2D eigenvalue weighted by Gasteiger charge is -2.13. The topological polar surface area (TPSA) is 34.4 Å². The van der Waals surface area contributed by atoms with E-state index in [1.54, 1.807) is 7.11 Å². The van der Waals surface area contributed by atoms with Crippen LogP contribution in [-0.4, -0.2) is 20.3 Å². The van der Waals surface area contributed by atoms with Crippen LogP contribution in [0, 0.1) is 18.8 Å². The van der Waals surface area contributed by atoms with Crippen LogP contribution in [0.3, 0.4) is 0 Å². The van der Waals surface area contributed by atoms with Crippen LogP contribution in [0.2, 0.25) is 0 Å². The zero-order valence-electron chi connectivity index (χ0n) is 9.46. The van der Waals surface area contributed by atoms with Gasteiger partial charge in [0.25, 0.3) is 0 Å². The van der Waals surface area contributed by atoms with Crippen LogP contribution in [0.1, 0.15) is 24.5 Å². The Balaban J connectivity index is 2.59. The first-order valence-corrected chi connectivity index (χ1v) is 4.96. The molecule has 3 nitrogen and oxygen atoms in total. The Kier molecular flexibility index (Phi) is 4.96. The molecule has 1 rings (SSSR count). The lowest BCUT2D eigenvalue weighted by Crippen LogP contribution is -2.25. The quantitative estimate of drug-likeness (QED) is 0.749. The van der Waals surface area contributed by atoms with E-state index >= 15 is 0 Å². The molecule has 1 N–H and O–H groups in total. The molecule has 0 fully saturated rings. The minimum absolute atomic E-state index is 0.0737. The van der Waals surface area contributed by atoms with Crippen molar-refractivity contribution < 1.29 is 9.15 Å². The molecule has 0 aromatic carbocycles. The van der Waals surface area contributed by atoms with E-state index in [0.717, 1.165) is 11.5 Å². The Hall–Kier alpha value is -1.24. The molecular formula is C12H17NO2. The largest absolute Gasteiger partial charge is 0.465 e. The third-order valence-corrected chi connectivity index (χ3v) is 2.05. The molecule has 0 spiro atoms. The highest BCUT2D eigenvalue weighted by molar-refractivity contribution is 5.10. The van der Waals surface area contributed by atoms with Gasteiger partial charge in [0.1, 0.15) is 11.5 Å². The van der Waals surface area contributed by atoms with Gasteiger partial charge in [0, 0.05) is 7.11 Å². The van der Waals surface area contributed by atoms with Crippen molar-refractivity contribution in [1.29, 1.82) is 0 Å². The van der Waals surface area contributed by atoms with Gasteiger partial charge < -0.3 is 9.15 Å². The zero-order valence-corrected chi connectivity index (χ0v) is 9.46. The van der Waals surface area contributed by atoms with E-state index < -0.39 is 0 Å². The molecule has 1 aromatic heterocycles. The number of rotatable bonds is 5. The summed E-state index contributed by atoms with van der Waals surface area (Å²) < 4.78 is 10.7. The van der Waals surface area contributed by atoms with Crippen LogP contribution in [0.25, 0.3) is 0 Å². The number of hydrogen-bond acceptors (Lipinski definition) is 3. The number of ether oxygens (including phenoxy) is 1. The molecular weight excluding hydrogens is 190 g/mol. The molecule has 1 aromatic rings. The average Bonchev–Trinajstić information content (AvgIpc) is 2.64. The second-order valence-electron chi connectivity index (χ2n) is 3.26. The summed E-state index contributed by atoms with van der Waals surface area (Å²) in [5.41, 5.74) is 0. The Labute approximate surface area is 90.8 Å². The first kappa shape index (κ1) is 11.8. The minimum Gasteiger partial charge on any atom is -0.465 e. The van der Waals surface area contributed by atoms with Crippen molar-refractivity contribution in [1.82, 2.24) is 5.32 Å². The average molecular weight is 207 g/mol. The predicted octanol–water partition coefficient (Wildman–Crippen LogP) is 1.89. The lowest BCUT2D eigenvalue weighted by atomic mass is 10.2. The van der Waals surface area contributed by atoms with Crippen molar-refractivity contribution in [3.8, 4) is 11.8 Å². The summed E-state index contributed by atoms with van der Waals surface area (Å²) in [7, 11) is 1.68. The van der Waals surface area contributed by atoms with Crippen LogP contribution in [-0.2, 0) is 4.74 Å². The van der Waals surface area contributed by atoms with E-state index in [0.29, 0.717) is 13.2 Å². The van der Waals surface area contributed by atoms with Crippen LogP contribution in [0.15, 0.2) is 16.5 Å². The van der Waals surface area contributed by atoms with Gasteiger partial charge in [-0.05, 0) is 26.0 Å². The highest BCUT2D eigenvalue weighted by Crippen LogP contribution is 2.16. The molecule has 0 saturated carbocycles. The third-order valence-electron chi connectivity index (χ3n) is 2.05. The molecule has 0 amide bonds. The SMILES string of the molecule is CC#CCN[C@@H](COC)c1ccc(C)o1. The van der Waals surface area contributed by atoms with Gasteiger partial charge in [-0.2, -0.15) is 0 Å². The zero-order chi connectivity index (χ0) is 11.1. The summed E-state index contributed by atoms with van der Waals surface area (Å²) in [4.78, 5) is 0. The standard InChI is InChI=1S/C12H17NO2/c1-4-5-8-13-11(9-14-3)12-7-6-10(2)15-12/h6-7,11,13H,8-9H2,1-3H3/t11-/m0/s1. The number of nitrogens with one attached hydrogen (secondary N) is 1. The number of aryl methyl sites for hydroxylation is 1. The summed E-state index contributed by atoms with van der Waals surface area (Å²) in [6.07, 6.45) is 0. The molecule has 15 heavy (non-hydrogen) atoms. The van der Waals surface area contributed by atoms with Crippen LogP contribution >= 0.6 is 0 Å². The van der Waals surface area contributed by atoms with E-state index in [-0.39, 0.29) is 6.04 Å². The molecule has 82 valence electrons. The van der Waals surface area contributed by atoms with Crippen molar-refractivity contribution in [3.05, 3.63) is 23.7 Å². The number of methoxy groups -OCH3 is 1. The van der Waals surface area contributed by atoms with Crippen molar-refractivity contribution in [2.45, 2.75) is 19.9 Å². The van der Waals surface area contributed by atoms with Gasteiger partial charge in [-0.1, -0.05) is 5.92 Å². The van der Waals surface area contributed by atoms with Crippen molar-refractivity contribution in [2.24, 2.45) is 0 Å². The maximum Gasteiger partial charge on any atom is 0.123 e. The van der Waals surface area contributed by atoms with Crippen LogP contribution < -0.4 is 5.32 Å². The second kappa shape index (κ2) is 6.28. The molecule has 1 atom stereocenters. The molecule has 0 aliphatic carbocycles. The third kappa shape index (κ3) is 3.78. The van der Waals surface area contributed by atoms with Crippen LogP contribution in [0.4, 0.5) is 0 Å². The molecule has 0 radical (unpaired) electrons. The van der Waals surface area contributed by atoms with Gasteiger partial charge in [-0.15, -0.1) is 5.92 Å². The van der Waals surface area contributed by atoms with Crippen molar-refractivity contribution in [3.63, 3.8) is 0 Å². The molecule has 0 unspecified atom stereocenters. The highest BCUT2D eigenvalue weighted by Gasteiger charge is 2.13. The van der Waals surface area contributed by atoms with E-state index in [4.69, 9.17) is 9.15 Å². The highest BCUT2D eigenvalue weighted by atomic mass is 16.5. The first-order valence-electron chi connectivity index (χ1n) is 4.96. The monoisotopic (exact) mass is 207 g/mol. The Morgan fingerprint density at radius 2 is 2.33 bits per heavy atom. The first-order chi connectivity index (χ1) is 7.27. The maximum atomic E-state index is 5.54. The molecule has 1 heterocycles. The van der Waals surface area contributed by atoms with Gasteiger partial charge in [0.05, 0.1) is 19.2 Å². The minimum atomic E-state index is 0.0737. The fourth-order valence-electron chi connectivity index (χ4n) is 1.31. The summed E-state index contributed by atoms with van der Waals surface area (Å²) >= 11 is 0. The Bertz CT molecular complexity index is 346. The number of furan rings is 1. The van der Waals surface area contributed by atoms with E-state index in [2.05, 4.69) is 17.2 Å². The van der Waals surface area contributed by atoms with E-state index in [1.807, 2.05) is 26.0 Å². The van der Waals surface area contributed by atoms with Crippen molar-refractivity contribution in [2.75, 3.05) is 20.3 Å². The molecule has 3 heteroatoms. The molecule has 0 saturated heterocycles. The summed E-state index contributed by atoms with van der Waals surface area (Å²) in [6.45, 7) is 4.98. The molecule has 0 aliphatic heterocycles. The Morgan fingerprint density at radius 1 is 1.53 bits per heavy atom. The lowest BCUT2D eigenvalue weighted by molar-refractivity contribution is 0.159. The van der Waals surface area contributed by atoms with Crippen LogP contribution in [0.5, 0.6) is 0 Å². The second-order valence-corrected chi connectivity index (χ2v) is 3.26. The molecule has 0 bridgehead atoms. The summed E-state index contributed by atoms with van der Waals surface area (Å²) in [6, 6.07) is 3.99. The van der Waals surface area contributed by atoms with Gasteiger partial charge in [-0.3, -0.25) is 5.32 Å². The van der Waals surface area contributed by atoms with Gasteiger partial charge in [0.15, 0.2) is 0 Å². The van der Waals surface area contributed by atoms with E-state index in [9.17, 15) is 0 Å². The summed E-state index contributed by atoms with van der Waals surface area (Å²) in [5, 5.41) is 3.26. The summed E-state index contributed by atoms with van der Waals surface area (Å²) in [5.74, 6) is 7.60. The van der Waals surface area contributed by atoms with Gasteiger partial charge in [0.2, 0.25) is 0 Å². The maximum absolute atomic E-state index is 5.54.